The van der Waals surface area contributed by atoms with Gasteiger partial charge in [-0.1, -0.05) is 12.1 Å². The highest BCUT2D eigenvalue weighted by Crippen LogP contribution is 2.23. The standard InChI is InChI=1S/C15H17N3O/c1-2-18-10-11(9-17-18)7-15(19)13-4-3-12-5-6-16-14(12)8-13/h3-4,8-10,16H,2,5-7H2,1H3. The van der Waals surface area contributed by atoms with Gasteiger partial charge in [0.25, 0.3) is 0 Å². The first-order chi connectivity index (χ1) is 9.26. The zero-order valence-corrected chi connectivity index (χ0v) is 11.0. The third-order valence-electron chi connectivity index (χ3n) is 3.52. The van der Waals surface area contributed by atoms with Gasteiger partial charge in [-0.25, -0.2) is 0 Å². The molecule has 1 N–H and O–H groups in total. The zero-order valence-electron chi connectivity index (χ0n) is 11.0. The fourth-order valence-electron chi connectivity index (χ4n) is 2.42. The summed E-state index contributed by atoms with van der Waals surface area (Å²) in [6.45, 7) is 3.83. The van der Waals surface area contributed by atoms with Gasteiger partial charge in [0.1, 0.15) is 0 Å². The number of aryl methyl sites for hydroxylation is 1. The Labute approximate surface area is 112 Å². The molecular weight excluding hydrogens is 238 g/mol. The van der Waals surface area contributed by atoms with Crippen molar-refractivity contribution in [2.45, 2.75) is 26.3 Å². The van der Waals surface area contributed by atoms with E-state index in [4.69, 9.17) is 0 Å². The van der Waals surface area contributed by atoms with Crippen LogP contribution in [0.5, 0.6) is 0 Å². The van der Waals surface area contributed by atoms with Crippen LogP contribution in [0.3, 0.4) is 0 Å². The number of Topliss-reactive ketones (excluding diaryl/α,β-unsaturated/α-hetero) is 1. The van der Waals surface area contributed by atoms with Crippen LogP contribution in [0, 0.1) is 0 Å². The van der Waals surface area contributed by atoms with Crippen molar-refractivity contribution in [1.82, 2.24) is 9.78 Å². The Morgan fingerprint density at radius 2 is 2.37 bits per heavy atom. The summed E-state index contributed by atoms with van der Waals surface area (Å²) >= 11 is 0. The summed E-state index contributed by atoms with van der Waals surface area (Å²) < 4.78 is 1.84. The average molecular weight is 255 g/mol. The van der Waals surface area contributed by atoms with E-state index in [1.807, 2.05) is 29.9 Å². The predicted molar refractivity (Wildman–Crippen MR) is 74.6 cm³/mol. The van der Waals surface area contributed by atoms with Gasteiger partial charge < -0.3 is 5.32 Å². The number of carbonyl (C=O) groups is 1. The van der Waals surface area contributed by atoms with Gasteiger partial charge in [-0.05, 0) is 30.5 Å². The summed E-state index contributed by atoms with van der Waals surface area (Å²) in [5, 5.41) is 7.50. The topological polar surface area (TPSA) is 46.9 Å². The van der Waals surface area contributed by atoms with Gasteiger partial charge in [-0.2, -0.15) is 5.10 Å². The molecule has 1 aromatic carbocycles. The third kappa shape index (κ3) is 2.38. The Kier molecular flexibility index (Phi) is 3.07. The molecule has 0 bridgehead atoms. The Morgan fingerprint density at radius 3 is 3.16 bits per heavy atom. The number of rotatable bonds is 4. The van der Waals surface area contributed by atoms with Crippen molar-refractivity contribution in [3.8, 4) is 0 Å². The molecule has 0 amide bonds. The van der Waals surface area contributed by atoms with Gasteiger partial charge in [0.05, 0.1) is 6.20 Å². The molecule has 0 radical (unpaired) electrons. The molecule has 0 spiro atoms. The molecule has 0 atom stereocenters. The number of hydrogen-bond donors (Lipinski definition) is 1. The first kappa shape index (κ1) is 12.0. The van der Waals surface area contributed by atoms with Crippen LogP contribution < -0.4 is 5.32 Å². The third-order valence-corrected chi connectivity index (χ3v) is 3.52. The van der Waals surface area contributed by atoms with Gasteiger partial charge in [0.2, 0.25) is 0 Å². The predicted octanol–water partition coefficient (Wildman–Crippen LogP) is 2.30. The van der Waals surface area contributed by atoms with E-state index in [1.165, 1.54) is 5.56 Å². The van der Waals surface area contributed by atoms with Crippen LogP contribution in [0.4, 0.5) is 5.69 Å². The summed E-state index contributed by atoms with van der Waals surface area (Å²) in [6, 6.07) is 5.95. The van der Waals surface area contributed by atoms with E-state index in [1.54, 1.807) is 6.20 Å². The molecule has 4 nitrogen and oxygen atoms in total. The minimum atomic E-state index is 0.146. The highest BCUT2D eigenvalue weighted by Gasteiger charge is 2.14. The molecule has 0 unspecified atom stereocenters. The maximum absolute atomic E-state index is 12.2. The lowest BCUT2D eigenvalue weighted by Gasteiger charge is -2.03. The van der Waals surface area contributed by atoms with Crippen molar-refractivity contribution in [1.29, 1.82) is 0 Å². The number of fused-ring (bicyclic) bond motifs is 1. The van der Waals surface area contributed by atoms with E-state index in [-0.39, 0.29) is 5.78 Å². The number of benzene rings is 1. The zero-order chi connectivity index (χ0) is 13.2. The molecule has 2 aromatic rings. The van der Waals surface area contributed by atoms with Gasteiger partial charge in [-0.15, -0.1) is 0 Å². The Balaban J connectivity index is 1.76. The Hall–Kier alpha value is -2.10. The smallest absolute Gasteiger partial charge is 0.167 e. The number of nitrogens with zero attached hydrogens (tertiary/aromatic N) is 2. The number of carbonyl (C=O) groups excluding carboxylic acids is 1. The second-order valence-electron chi connectivity index (χ2n) is 4.85. The number of hydrogen-bond acceptors (Lipinski definition) is 3. The number of ketones is 1. The molecule has 0 saturated carbocycles. The van der Waals surface area contributed by atoms with Gasteiger partial charge in [-0.3, -0.25) is 9.48 Å². The molecule has 98 valence electrons. The molecule has 3 rings (SSSR count). The van der Waals surface area contributed by atoms with E-state index in [0.717, 1.165) is 36.3 Å². The Bertz CT molecular complexity index is 616. The largest absolute Gasteiger partial charge is 0.384 e. The van der Waals surface area contributed by atoms with Crippen LogP contribution in [0.2, 0.25) is 0 Å². The molecule has 0 aliphatic carbocycles. The summed E-state index contributed by atoms with van der Waals surface area (Å²) in [4.78, 5) is 12.2. The van der Waals surface area contributed by atoms with Crippen molar-refractivity contribution in [3.05, 3.63) is 47.3 Å². The summed E-state index contributed by atoms with van der Waals surface area (Å²) in [6.07, 6.45) is 5.17. The molecule has 19 heavy (non-hydrogen) atoms. The van der Waals surface area contributed by atoms with Crippen LogP contribution in [-0.4, -0.2) is 22.1 Å². The normalized spacial score (nSPS) is 13.1. The summed E-state index contributed by atoms with van der Waals surface area (Å²) in [5.41, 5.74) is 4.16. The lowest BCUT2D eigenvalue weighted by atomic mass is 10.0. The number of anilines is 1. The molecule has 0 saturated heterocycles. The second-order valence-corrected chi connectivity index (χ2v) is 4.85. The van der Waals surface area contributed by atoms with Crippen LogP contribution in [0.15, 0.2) is 30.6 Å². The van der Waals surface area contributed by atoms with Crippen molar-refractivity contribution in [2.24, 2.45) is 0 Å². The van der Waals surface area contributed by atoms with Crippen LogP contribution in [0.25, 0.3) is 0 Å². The van der Waals surface area contributed by atoms with Crippen LogP contribution in [0.1, 0.15) is 28.4 Å². The van der Waals surface area contributed by atoms with Crippen molar-refractivity contribution < 1.29 is 4.79 Å². The van der Waals surface area contributed by atoms with Crippen molar-refractivity contribution in [2.75, 3.05) is 11.9 Å². The van der Waals surface area contributed by atoms with Gasteiger partial charge in [0, 0.05) is 37.0 Å². The van der Waals surface area contributed by atoms with Crippen molar-refractivity contribution in [3.63, 3.8) is 0 Å². The minimum absolute atomic E-state index is 0.146. The molecule has 4 heteroatoms. The molecule has 1 aliphatic rings. The highest BCUT2D eigenvalue weighted by molar-refractivity contribution is 5.98. The van der Waals surface area contributed by atoms with E-state index >= 15 is 0 Å². The lowest BCUT2D eigenvalue weighted by Crippen LogP contribution is -2.03. The maximum Gasteiger partial charge on any atom is 0.167 e. The molecular formula is C15H17N3O. The Morgan fingerprint density at radius 1 is 1.47 bits per heavy atom. The lowest BCUT2D eigenvalue weighted by molar-refractivity contribution is 0.0993. The van der Waals surface area contributed by atoms with Gasteiger partial charge in [0.15, 0.2) is 5.78 Å². The van der Waals surface area contributed by atoms with E-state index in [0.29, 0.717) is 6.42 Å². The summed E-state index contributed by atoms with van der Waals surface area (Å²) in [7, 11) is 0. The fourth-order valence-corrected chi connectivity index (χ4v) is 2.42. The fraction of sp³-hybridized carbons (Fsp3) is 0.333. The maximum atomic E-state index is 12.2. The highest BCUT2D eigenvalue weighted by atomic mass is 16.1. The monoisotopic (exact) mass is 255 g/mol. The van der Waals surface area contributed by atoms with E-state index < -0.39 is 0 Å². The molecule has 2 heterocycles. The van der Waals surface area contributed by atoms with E-state index in [9.17, 15) is 4.79 Å². The molecule has 1 aromatic heterocycles. The quantitative estimate of drug-likeness (QED) is 0.853. The van der Waals surface area contributed by atoms with Gasteiger partial charge >= 0.3 is 0 Å². The minimum Gasteiger partial charge on any atom is -0.384 e. The molecule has 1 aliphatic heterocycles. The van der Waals surface area contributed by atoms with Crippen LogP contribution >= 0.6 is 0 Å². The second kappa shape index (κ2) is 4.88. The first-order valence-corrected chi connectivity index (χ1v) is 6.67. The van der Waals surface area contributed by atoms with E-state index in [2.05, 4.69) is 16.5 Å². The van der Waals surface area contributed by atoms with Crippen LogP contribution in [-0.2, 0) is 19.4 Å². The first-order valence-electron chi connectivity index (χ1n) is 6.67. The number of aromatic nitrogens is 2. The average Bonchev–Trinajstić information content (AvgIpc) is 3.05. The van der Waals surface area contributed by atoms with Crippen molar-refractivity contribution >= 4 is 11.5 Å². The summed E-state index contributed by atoms with van der Waals surface area (Å²) in [5.74, 6) is 0.146. The molecule has 0 fully saturated rings. The SMILES string of the molecule is CCn1cc(CC(=O)c2ccc3c(c2)NCC3)cn1. The number of nitrogens with one attached hydrogen (secondary N) is 1.